The highest BCUT2D eigenvalue weighted by molar-refractivity contribution is 5.67. The van der Waals surface area contributed by atoms with E-state index in [4.69, 9.17) is 5.11 Å². The Hall–Kier alpha value is -1.31. The zero-order valence-electron chi connectivity index (χ0n) is 14.7. The number of hydrogen-bond donors (Lipinski definition) is 1. The summed E-state index contributed by atoms with van der Waals surface area (Å²) in [4.78, 5) is 10.3. The average Bonchev–Trinajstić information content (AvgIpc) is 2.51. The maximum atomic E-state index is 10.3. The van der Waals surface area contributed by atoms with E-state index in [-0.39, 0.29) is 6.42 Å². The number of aryl methyl sites for hydroxylation is 1. The second kappa shape index (κ2) is 17.7. The second-order valence-electron chi connectivity index (χ2n) is 3.79. The van der Waals surface area contributed by atoms with Gasteiger partial charge in [-0.3, -0.25) is 4.79 Å². The predicted octanol–water partition coefficient (Wildman–Crippen LogP) is 5.91. The largest absolute Gasteiger partial charge is 0.481 e. The Labute approximate surface area is 126 Å². The van der Waals surface area contributed by atoms with Crippen LogP contribution in [0.5, 0.6) is 0 Å². The third-order valence-corrected chi connectivity index (χ3v) is 2.27. The minimum Gasteiger partial charge on any atom is -0.481 e. The molecular formula is C18H34O2. The van der Waals surface area contributed by atoms with Gasteiger partial charge < -0.3 is 5.11 Å². The van der Waals surface area contributed by atoms with Gasteiger partial charge in [-0.05, 0) is 23.5 Å². The number of benzene rings is 1. The lowest BCUT2D eigenvalue weighted by Crippen LogP contribution is -1.97. The van der Waals surface area contributed by atoms with E-state index in [1.54, 1.807) is 0 Å². The van der Waals surface area contributed by atoms with Crippen LogP contribution in [0, 0.1) is 0 Å². The lowest BCUT2D eigenvalue weighted by atomic mass is 10.0. The summed E-state index contributed by atoms with van der Waals surface area (Å²) in [5.41, 5.74) is 2.39. The van der Waals surface area contributed by atoms with Crippen molar-refractivity contribution in [2.24, 2.45) is 0 Å². The first kappa shape index (κ1) is 23.8. The highest BCUT2D eigenvalue weighted by Gasteiger charge is 2.01. The fraction of sp³-hybridized carbons (Fsp3) is 0.611. The average molecular weight is 282 g/mol. The maximum absolute atomic E-state index is 10.3. The molecule has 0 saturated heterocycles. The van der Waals surface area contributed by atoms with E-state index in [1.165, 1.54) is 5.56 Å². The topological polar surface area (TPSA) is 37.3 Å². The van der Waals surface area contributed by atoms with Gasteiger partial charge >= 0.3 is 5.97 Å². The molecule has 0 saturated carbocycles. The van der Waals surface area contributed by atoms with Crippen LogP contribution in [0.25, 0.3) is 0 Å². The minimum absolute atomic E-state index is 0.209. The van der Waals surface area contributed by atoms with Crippen LogP contribution in [-0.2, 0) is 11.2 Å². The van der Waals surface area contributed by atoms with Gasteiger partial charge in [0, 0.05) is 6.42 Å². The van der Waals surface area contributed by atoms with Crippen molar-refractivity contribution < 1.29 is 9.90 Å². The fourth-order valence-electron chi connectivity index (χ4n) is 1.32. The zero-order valence-corrected chi connectivity index (χ0v) is 14.7. The van der Waals surface area contributed by atoms with Crippen molar-refractivity contribution in [3.05, 3.63) is 35.4 Å². The van der Waals surface area contributed by atoms with Crippen molar-refractivity contribution in [1.82, 2.24) is 0 Å². The summed E-state index contributed by atoms with van der Waals surface area (Å²) >= 11 is 0. The summed E-state index contributed by atoms with van der Waals surface area (Å²) in [6.45, 7) is 16.3. The molecule has 1 rings (SSSR count). The van der Waals surface area contributed by atoms with Crippen LogP contribution < -0.4 is 0 Å². The van der Waals surface area contributed by atoms with E-state index in [1.807, 2.05) is 53.7 Å². The first-order valence-corrected chi connectivity index (χ1v) is 7.90. The Morgan fingerprint density at radius 3 is 1.65 bits per heavy atom. The van der Waals surface area contributed by atoms with Crippen LogP contribution in [0.15, 0.2) is 24.3 Å². The number of hydrogen-bond acceptors (Lipinski definition) is 1. The predicted molar refractivity (Wildman–Crippen MR) is 90.5 cm³/mol. The van der Waals surface area contributed by atoms with E-state index in [0.717, 1.165) is 5.56 Å². The van der Waals surface area contributed by atoms with E-state index in [0.29, 0.717) is 12.3 Å². The molecule has 0 aliphatic heterocycles. The Bertz CT molecular complexity index is 300. The first-order chi connectivity index (χ1) is 9.59. The molecule has 0 amide bonds. The summed E-state index contributed by atoms with van der Waals surface area (Å²) in [7, 11) is 0. The van der Waals surface area contributed by atoms with Crippen LogP contribution in [0.4, 0.5) is 0 Å². The third-order valence-electron chi connectivity index (χ3n) is 2.27. The molecular weight excluding hydrogens is 248 g/mol. The number of rotatable bonds is 4. The Morgan fingerprint density at radius 2 is 1.35 bits per heavy atom. The maximum Gasteiger partial charge on any atom is 0.303 e. The van der Waals surface area contributed by atoms with Crippen LogP contribution in [0.2, 0.25) is 0 Å². The van der Waals surface area contributed by atoms with Gasteiger partial charge in [-0.25, -0.2) is 0 Å². The van der Waals surface area contributed by atoms with Crippen LogP contribution in [-0.4, -0.2) is 11.1 Å². The first-order valence-electron chi connectivity index (χ1n) is 7.90. The number of carbonyl (C=O) groups is 1. The number of aliphatic carboxylic acids is 1. The van der Waals surface area contributed by atoms with Gasteiger partial charge in [-0.2, -0.15) is 0 Å². The van der Waals surface area contributed by atoms with E-state index in [9.17, 15) is 4.79 Å². The fourth-order valence-corrected chi connectivity index (χ4v) is 1.32. The molecule has 118 valence electrons. The molecule has 0 unspecified atom stereocenters. The molecule has 0 bridgehead atoms. The van der Waals surface area contributed by atoms with Gasteiger partial charge in [-0.15, -0.1) is 0 Å². The number of carboxylic acid groups (broad SMARTS) is 1. The Morgan fingerprint density at radius 1 is 0.950 bits per heavy atom. The lowest BCUT2D eigenvalue weighted by Gasteiger charge is -2.05. The van der Waals surface area contributed by atoms with E-state index >= 15 is 0 Å². The van der Waals surface area contributed by atoms with Gasteiger partial charge in [-0.1, -0.05) is 79.7 Å². The van der Waals surface area contributed by atoms with E-state index < -0.39 is 5.97 Å². The molecule has 1 aromatic rings. The normalized spacial score (nSPS) is 8.25. The monoisotopic (exact) mass is 282 g/mol. The molecule has 1 aromatic carbocycles. The van der Waals surface area contributed by atoms with Crippen LogP contribution >= 0.6 is 0 Å². The zero-order chi connectivity index (χ0) is 16.6. The molecule has 0 heterocycles. The lowest BCUT2D eigenvalue weighted by molar-refractivity contribution is -0.136. The van der Waals surface area contributed by atoms with Crippen molar-refractivity contribution >= 4 is 5.97 Å². The molecule has 0 spiro atoms. The summed E-state index contributed by atoms with van der Waals surface area (Å²) < 4.78 is 0. The van der Waals surface area contributed by atoms with Gasteiger partial charge in [0.05, 0.1) is 0 Å². The second-order valence-corrected chi connectivity index (χ2v) is 3.79. The van der Waals surface area contributed by atoms with Crippen molar-refractivity contribution in [3.8, 4) is 0 Å². The summed E-state index contributed by atoms with van der Waals surface area (Å²) in [6.07, 6.45) is 0.828. The summed E-state index contributed by atoms with van der Waals surface area (Å²) in [6, 6.07) is 8.17. The molecule has 2 nitrogen and oxygen atoms in total. The highest BCUT2D eigenvalue weighted by Crippen LogP contribution is 2.15. The molecule has 0 aromatic heterocycles. The molecule has 2 heteroatoms. The molecule has 20 heavy (non-hydrogen) atoms. The standard InChI is InChI=1S/C12H16O2.3C2H6/c1-9(2)11-6-3-10(4-7-11)5-8-12(13)14;3*1-2/h3-4,6-7,9H,5,8H2,1-2H3,(H,13,14);3*1-2H3. The SMILES string of the molecule is CC.CC.CC.CC(C)c1ccc(CCC(=O)O)cc1. The Kier molecular flexibility index (Phi) is 21.0. The smallest absolute Gasteiger partial charge is 0.303 e. The minimum atomic E-state index is -0.738. The van der Waals surface area contributed by atoms with Crippen molar-refractivity contribution in [3.63, 3.8) is 0 Å². The van der Waals surface area contributed by atoms with Gasteiger partial charge in [0.25, 0.3) is 0 Å². The molecule has 0 aliphatic rings. The molecule has 0 aliphatic carbocycles. The van der Waals surface area contributed by atoms with Gasteiger partial charge in [0.1, 0.15) is 0 Å². The van der Waals surface area contributed by atoms with Gasteiger partial charge in [0.15, 0.2) is 0 Å². The highest BCUT2D eigenvalue weighted by atomic mass is 16.4. The van der Waals surface area contributed by atoms with Crippen LogP contribution in [0.1, 0.15) is 78.9 Å². The number of carboxylic acids is 1. The summed E-state index contributed by atoms with van der Waals surface area (Å²) in [5.74, 6) is -0.207. The Balaban J connectivity index is -0.000000425. The van der Waals surface area contributed by atoms with Gasteiger partial charge in [0.2, 0.25) is 0 Å². The molecule has 0 radical (unpaired) electrons. The van der Waals surface area contributed by atoms with Crippen molar-refractivity contribution in [1.29, 1.82) is 0 Å². The molecule has 1 N–H and O–H groups in total. The summed E-state index contributed by atoms with van der Waals surface area (Å²) in [5, 5.41) is 8.52. The molecule has 0 fully saturated rings. The third kappa shape index (κ3) is 13.1. The van der Waals surface area contributed by atoms with Crippen molar-refractivity contribution in [2.45, 2.75) is 74.1 Å². The van der Waals surface area contributed by atoms with E-state index in [2.05, 4.69) is 26.0 Å². The van der Waals surface area contributed by atoms with Crippen molar-refractivity contribution in [2.75, 3.05) is 0 Å². The van der Waals surface area contributed by atoms with Crippen LogP contribution in [0.3, 0.4) is 0 Å². The quantitative estimate of drug-likeness (QED) is 0.745. The molecule has 0 atom stereocenters.